The van der Waals surface area contributed by atoms with Crippen LogP contribution in [0.2, 0.25) is 0 Å². The van der Waals surface area contributed by atoms with Gasteiger partial charge in [-0.15, -0.1) is 0 Å². The van der Waals surface area contributed by atoms with E-state index in [9.17, 15) is 22.8 Å². The number of nitrogens with one attached hydrogen (secondary N) is 3. The zero-order valence-electron chi connectivity index (χ0n) is 19.3. The Bertz CT molecular complexity index is 1250. The van der Waals surface area contributed by atoms with Crippen LogP contribution in [-0.4, -0.2) is 46.8 Å². The van der Waals surface area contributed by atoms with Crippen LogP contribution in [0.5, 0.6) is 0 Å². The summed E-state index contributed by atoms with van der Waals surface area (Å²) < 4.78 is 31.2. The first kappa shape index (κ1) is 25.2. The highest BCUT2D eigenvalue weighted by molar-refractivity contribution is 5.98. The van der Waals surface area contributed by atoms with E-state index in [0.717, 1.165) is 47.5 Å². The molecule has 2 aliphatic rings. The SMILES string of the molecule is O=C(NC1CCCC1)c1ccc(-c2cc(-c3cc4c([nH]3)CCNC4=O)ccn2)cc1.O=CC(F)(F)F. The monoisotopic (exact) mass is 498 g/mol. The Morgan fingerprint density at radius 3 is 2.39 bits per heavy atom. The number of pyridine rings is 1. The van der Waals surface area contributed by atoms with Gasteiger partial charge in [0.15, 0.2) is 0 Å². The van der Waals surface area contributed by atoms with Crippen LogP contribution in [0.3, 0.4) is 0 Å². The van der Waals surface area contributed by atoms with Crippen LogP contribution in [0.15, 0.2) is 48.7 Å². The van der Waals surface area contributed by atoms with Gasteiger partial charge in [-0.05, 0) is 43.2 Å². The van der Waals surface area contributed by atoms with Gasteiger partial charge in [0.2, 0.25) is 6.29 Å². The van der Waals surface area contributed by atoms with Gasteiger partial charge < -0.3 is 15.6 Å². The smallest absolute Gasteiger partial charge is 0.358 e. The van der Waals surface area contributed by atoms with E-state index >= 15 is 0 Å². The Balaban J connectivity index is 0.000000455. The van der Waals surface area contributed by atoms with Gasteiger partial charge in [0, 0.05) is 53.3 Å². The van der Waals surface area contributed by atoms with Crippen LogP contribution >= 0.6 is 0 Å². The van der Waals surface area contributed by atoms with Crippen molar-refractivity contribution >= 4 is 18.1 Å². The third kappa shape index (κ3) is 6.18. The van der Waals surface area contributed by atoms with Crippen molar-refractivity contribution in [3.05, 3.63) is 65.5 Å². The van der Waals surface area contributed by atoms with Crippen molar-refractivity contribution in [3.63, 3.8) is 0 Å². The van der Waals surface area contributed by atoms with E-state index in [0.29, 0.717) is 23.7 Å². The van der Waals surface area contributed by atoms with Crippen molar-refractivity contribution in [1.82, 2.24) is 20.6 Å². The summed E-state index contributed by atoms with van der Waals surface area (Å²) in [6.45, 7) is 0.661. The number of hydrogen-bond acceptors (Lipinski definition) is 4. The van der Waals surface area contributed by atoms with Gasteiger partial charge >= 0.3 is 6.18 Å². The molecule has 0 spiro atoms. The molecule has 3 heterocycles. The summed E-state index contributed by atoms with van der Waals surface area (Å²) in [5.41, 5.74) is 6.02. The Hall–Kier alpha value is -3.95. The molecule has 0 saturated heterocycles. The topological polar surface area (TPSA) is 104 Å². The number of halogens is 3. The summed E-state index contributed by atoms with van der Waals surface area (Å²) >= 11 is 0. The second kappa shape index (κ2) is 10.8. The number of carbonyl (C=O) groups excluding carboxylic acids is 3. The van der Waals surface area contributed by atoms with Gasteiger partial charge in [0.1, 0.15) is 0 Å². The van der Waals surface area contributed by atoms with E-state index in [1.54, 1.807) is 6.20 Å². The van der Waals surface area contributed by atoms with Gasteiger partial charge in [-0.25, -0.2) is 0 Å². The lowest BCUT2D eigenvalue weighted by atomic mass is 10.0. The number of aldehydes is 1. The first-order valence-electron chi connectivity index (χ1n) is 11.6. The maximum absolute atomic E-state index is 12.4. The van der Waals surface area contributed by atoms with E-state index in [4.69, 9.17) is 4.79 Å². The number of aromatic nitrogens is 2. The predicted octanol–water partition coefficient (Wildman–Crippen LogP) is 4.45. The van der Waals surface area contributed by atoms with Crippen molar-refractivity contribution in [2.75, 3.05) is 6.54 Å². The minimum absolute atomic E-state index is 0.00889. The Labute approximate surface area is 205 Å². The van der Waals surface area contributed by atoms with Crippen molar-refractivity contribution in [2.24, 2.45) is 0 Å². The maximum Gasteiger partial charge on any atom is 0.446 e. The Morgan fingerprint density at radius 1 is 1.06 bits per heavy atom. The zero-order chi connectivity index (χ0) is 25.7. The fourth-order valence-electron chi connectivity index (χ4n) is 4.34. The number of rotatable bonds is 4. The number of nitrogens with zero attached hydrogens (tertiary/aromatic N) is 1. The second-order valence-electron chi connectivity index (χ2n) is 8.70. The van der Waals surface area contributed by atoms with Crippen molar-refractivity contribution in [3.8, 4) is 22.5 Å². The molecule has 1 fully saturated rings. The predicted molar refractivity (Wildman–Crippen MR) is 127 cm³/mol. The zero-order valence-corrected chi connectivity index (χ0v) is 19.3. The molecule has 2 amide bonds. The van der Waals surface area contributed by atoms with Gasteiger partial charge in [-0.1, -0.05) is 25.0 Å². The average Bonchev–Trinajstić information content (AvgIpc) is 3.55. The normalized spacial score (nSPS) is 15.4. The molecule has 1 aromatic carbocycles. The summed E-state index contributed by atoms with van der Waals surface area (Å²) in [6, 6.07) is 13.7. The molecule has 0 bridgehead atoms. The van der Waals surface area contributed by atoms with Crippen LogP contribution in [0.1, 0.15) is 52.1 Å². The number of benzene rings is 1. The minimum atomic E-state index is -4.64. The van der Waals surface area contributed by atoms with E-state index in [2.05, 4.69) is 20.6 Å². The number of H-pyrrole nitrogens is 1. The molecule has 0 atom stereocenters. The lowest BCUT2D eigenvalue weighted by Gasteiger charge is -2.12. The first-order chi connectivity index (χ1) is 17.2. The lowest BCUT2D eigenvalue weighted by Crippen LogP contribution is -2.32. The molecule has 2 aromatic heterocycles. The highest BCUT2D eigenvalue weighted by Gasteiger charge is 2.25. The molecule has 1 aliphatic heterocycles. The molecule has 36 heavy (non-hydrogen) atoms. The molecule has 1 aliphatic carbocycles. The molecule has 1 saturated carbocycles. The Kier molecular flexibility index (Phi) is 7.52. The maximum atomic E-state index is 12.4. The molecule has 188 valence electrons. The molecule has 10 heteroatoms. The Morgan fingerprint density at radius 2 is 1.75 bits per heavy atom. The van der Waals surface area contributed by atoms with Gasteiger partial charge in [0.25, 0.3) is 11.8 Å². The third-order valence-electron chi connectivity index (χ3n) is 6.14. The standard InChI is InChI=1S/C24H24N4O2.C2HF3O/c29-23(27-18-3-1-2-4-18)16-7-5-15(6-8-16)21-13-17(9-11-25-21)22-14-19-20(28-22)10-12-26-24(19)30;3-2(4,5)1-6/h5-9,11,13-14,18,28H,1-4,10,12H2,(H,26,30)(H,27,29);1H. The van der Waals surface area contributed by atoms with Gasteiger partial charge in [-0.2, -0.15) is 13.2 Å². The van der Waals surface area contributed by atoms with E-state index in [1.807, 2.05) is 42.5 Å². The second-order valence-corrected chi connectivity index (χ2v) is 8.70. The largest absolute Gasteiger partial charge is 0.446 e. The summed E-state index contributed by atoms with van der Waals surface area (Å²) in [5, 5.41) is 5.99. The number of alkyl halides is 3. The summed E-state index contributed by atoms with van der Waals surface area (Å²) in [4.78, 5) is 41.1. The number of carbonyl (C=O) groups is 3. The molecule has 3 N–H and O–H groups in total. The van der Waals surface area contributed by atoms with Crippen LogP contribution in [0.25, 0.3) is 22.5 Å². The van der Waals surface area contributed by atoms with Crippen LogP contribution < -0.4 is 10.6 Å². The number of aromatic amines is 1. The van der Waals surface area contributed by atoms with Crippen LogP contribution in [0, 0.1) is 0 Å². The minimum Gasteiger partial charge on any atom is -0.358 e. The van der Waals surface area contributed by atoms with E-state index in [1.165, 1.54) is 12.8 Å². The molecular weight excluding hydrogens is 473 g/mol. The van der Waals surface area contributed by atoms with Crippen molar-refractivity contribution in [1.29, 1.82) is 0 Å². The fraction of sp³-hybridized carbons (Fsp3) is 0.308. The number of amides is 2. The summed E-state index contributed by atoms with van der Waals surface area (Å²) in [6.07, 6.45) is 1.41. The summed E-state index contributed by atoms with van der Waals surface area (Å²) in [7, 11) is 0. The highest BCUT2D eigenvalue weighted by Crippen LogP contribution is 2.27. The molecule has 5 rings (SSSR count). The average molecular weight is 499 g/mol. The first-order valence-corrected chi connectivity index (χ1v) is 11.6. The summed E-state index contributed by atoms with van der Waals surface area (Å²) in [5.74, 6) is -0.0371. The molecule has 7 nitrogen and oxygen atoms in total. The van der Waals surface area contributed by atoms with Crippen LogP contribution in [0.4, 0.5) is 13.2 Å². The van der Waals surface area contributed by atoms with Crippen LogP contribution in [-0.2, 0) is 11.2 Å². The van der Waals surface area contributed by atoms with Gasteiger partial charge in [0.05, 0.1) is 11.3 Å². The van der Waals surface area contributed by atoms with Crippen molar-refractivity contribution in [2.45, 2.75) is 44.3 Å². The van der Waals surface area contributed by atoms with Crippen molar-refractivity contribution < 1.29 is 27.6 Å². The van der Waals surface area contributed by atoms with E-state index < -0.39 is 12.5 Å². The molecule has 0 radical (unpaired) electrons. The highest BCUT2D eigenvalue weighted by atomic mass is 19.4. The van der Waals surface area contributed by atoms with Gasteiger partial charge in [-0.3, -0.25) is 19.4 Å². The number of fused-ring (bicyclic) bond motifs is 1. The third-order valence-corrected chi connectivity index (χ3v) is 6.14. The number of hydrogen-bond donors (Lipinski definition) is 3. The molecular formula is C26H25F3N4O3. The lowest BCUT2D eigenvalue weighted by molar-refractivity contribution is -0.156. The van der Waals surface area contributed by atoms with E-state index in [-0.39, 0.29) is 11.8 Å². The quantitative estimate of drug-likeness (QED) is 0.463. The molecule has 3 aromatic rings. The fourth-order valence-corrected chi connectivity index (χ4v) is 4.34. The molecule has 0 unspecified atom stereocenters.